The Bertz CT molecular complexity index is 5830. The van der Waals surface area contributed by atoms with Gasteiger partial charge in [-0.2, -0.15) is 0 Å². The van der Waals surface area contributed by atoms with E-state index in [4.69, 9.17) is 9.84 Å². The highest BCUT2D eigenvalue weighted by molar-refractivity contribution is 14.1. The average molecular weight is 1890 g/mol. The van der Waals surface area contributed by atoms with Gasteiger partial charge < -0.3 is 42.6 Å². The van der Waals surface area contributed by atoms with Gasteiger partial charge in [0.2, 0.25) is 0 Å². The molecule has 15 aromatic rings. The number of esters is 1. The summed E-state index contributed by atoms with van der Waals surface area (Å²) in [5.74, 6) is -0.600. The lowest BCUT2D eigenvalue weighted by molar-refractivity contribution is -0.140. The molecule has 0 saturated carbocycles. The Morgan fingerprint density at radius 1 is 0.385 bits per heavy atom. The maximum Gasteiger partial charge on any atom is 0.489 e. The van der Waals surface area contributed by atoms with Crippen LogP contribution in [0.4, 0.5) is 0 Å². The van der Waals surface area contributed by atoms with Crippen molar-refractivity contribution >= 4 is 165 Å². The SMILES string of the molecule is CC(C)[Si](C(C)C)(C(C)C)n1cc(Br)c(-c2cccc3ccccc23)c1.CC(C)[Si](C(C)C)(C(C)C)n1ccc(-c2cccc3ccccc23)c1.CC(C)[Si](C(C)C)(C(C)C)n1ccc(B(O)O)c1.CCOC(=O)CSc1c[nH]cc1-c1cccc2ccccc12.Ic1cccc2ccccc12.O=C(O)CSc1c[nH]cc1-c1cccc2ccccc12. The summed E-state index contributed by atoms with van der Waals surface area (Å²) in [5, 5.41) is 40.1. The van der Waals surface area contributed by atoms with Gasteiger partial charge in [-0.3, -0.25) is 9.59 Å². The third-order valence-electron chi connectivity index (χ3n) is 24.6. The van der Waals surface area contributed by atoms with Crippen LogP contribution in [0.15, 0.2) is 301 Å². The number of carboxylic acid groups (broad SMARTS) is 1. The number of halogens is 2. The molecular formula is C103H124BBrIN5O6S2Si3. The van der Waals surface area contributed by atoms with Crippen molar-refractivity contribution in [1.82, 2.24) is 22.7 Å². The molecule has 15 rings (SSSR count). The minimum atomic E-state index is -1.73. The number of carboxylic acids is 1. The Balaban J connectivity index is 0.000000156. The van der Waals surface area contributed by atoms with E-state index in [0.717, 1.165) is 26.5 Å². The molecule has 10 aromatic carbocycles. The van der Waals surface area contributed by atoms with Crippen molar-refractivity contribution in [2.75, 3.05) is 18.1 Å². The van der Waals surface area contributed by atoms with E-state index in [2.05, 4.69) is 399 Å². The van der Waals surface area contributed by atoms with E-state index in [0.29, 0.717) is 67.7 Å². The summed E-state index contributed by atoms with van der Waals surface area (Å²) in [4.78, 5) is 30.5. The number of nitrogens with one attached hydrogen (secondary N) is 2. The number of carbonyl (C=O) groups is 2. The van der Waals surface area contributed by atoms with Crippen LogP contribution in [0.2, 0.25) is 49.9 Å². The van der Waals surface area contributed by atoms with Gasteiger partial charge in [-0.05, 0) is 219 Å². The van der Waals surface area contributed by atoms with Gasteiger partial charge >= 0.3 is 19.1 Å². The van der Waals surface area contributed by atoms with Gasteiger partial charge in [0.05, 0.1) is 18.1 Å². The second-order valence-electron chi connectivity index (χ2n) is 34.3. The van der Waals surface area contributed by atoms with Crippen LogP contribution in [0.25, 0.3) is 98.4 Å². The number of thioether (sulfide) groups is 2. The molecule has 0 bridgehead atoms. The number of fused-ring (bicyclic) bond motifs is 5. The zero-order valence-electron chi connectivity index (χ0n) is 74.5. The maximum atomic E-state index is 11.5. The Morgan fingerprint density at radius 3 is 1.09 bits per heavy atom. The van der Waals surface area contributed by atoms with E-state index in [-0.39, 0.29) is 11.7 Å². The van der Waals surface area contributed by atoms with Crippen molar-refractivity contribution in [2.45, 2.75) is 191 Å². The smallest absolute Gasteiger partial charge is 0.481 e. The van der Waals surface area contributed by atoms with Crippen LogP contribution in [-0.4, -0.2) is 99.7 Å². The van der Waals surface area contributed by atoms with Crippen molar-refractivity contribution in [3.63, 3.8) is 0 Å². The molecule has 0 unspecified atom stereocenters. The molecular weight excluding hydrogens is 1770 g/mol. The van der Waals surface area contributed by atoms with Crippen LogP contribution in [0.5, 0.6) is 0 Å². The molecule has 0 saturated heterocycles. The number of hydrogen-bond acceptors (Lipinski definition) is 7. The summed E-state index contributed by atoms with van der Waals surface area (Å²) in [7, 11) is -6.50. The first-order valence-corrected chi connectivity index (χ1v) is 53.4. The summed E-state index contributed by atoms with van der Waals surface area (Å²) in [6.07, 6.45) is 21.2. The molecule has 5 heterocycles. The number of hydrogen-bond donors (Lipinski definition) is 5. The predicted octanol–water partition coefficient (Wildman–Crippen LogP) is 29.6. The summed E-state index contributed by atoms with van der Waals surface area (Å²) in [6, 6.07) is 78.5. The number of nitrogens with zero attached hydrogens (tertiary/aromatic N) is 3. The lowest BCUT2D eigenvalue weighted by Crippen LogP contribution is -2.51. The van der Waals surface area contributed by atoms with Crippen LogP contribution in [-0.2, 0) is 14.3 Å². The molecule has 0 aliphatic rings. The van der Waals surface area contributed by atoms with E-state index in [1.54, 1.807) is 0 Å². The van der Waals surface area contributed by atoms with Crippen LogP contribution in [0.1, 0.15) is 132 Å². The zero-order valence-corrected chi connectivity index (χ0v) is 82.9. The quantitative estimate of drug-likeness (QED) is 0.0174. The molecule has 0 amide bonds. The van der Waals surface area contributed by atoms with Gasteiger partial charge in [0.25, 0.3) is 0 Å². The summed E-state index contributed by atoms with van der Waals surface area (Å²) < 4.78 is 15.1. The number of aromatic nitrogens is 5. The number of carbonyl (C=O) groups excluding carboxylic acids is 1. The first-order valence-electron chi connectivity index (χ1n) is 43.0. The highest BCUT2D eigenvalue weighted by atomic mass is 127. The van der Waals surface area contributed by atoms with Gasteiger partial charge in [0.1, 0.15) is 0 Å². The molecule has 19 heteroatoms. The topological polar surface area (TPSA) is 150 Å². The number of rotatable bonds is 24. The molecule has 11 nitrogen and oxygen atoms in total. The number of aromatic amines is 2. The number of ether oxygens (including phenoxy) is 1. The second-order valence-corrected chi connectivity index (χ2v) is 55.6. The Hall–Kier alpha value is -8.61. The fourth-order valence-electron chi connectivity index (χ4n) is 20.0. The normalized spacial score (nSPS) is 11.8. The molecule has 0 spiro atoms. The van der Waals surface area contributed by atoms with Crippen LogP contribution >= 0.6 is 62.0 Å². The first-order chi connectivity index (χ1) is 58.3. The summed E-state index contributed by atoms with van der Waals surface area (Å²) in [6.45, 7) is 45.0. The fourth-order valence-corrected chi connectivity index (χ4v) is 42.5. The summed E-state index contributed by atoms with van der Waals surface area (Å²) >= 11 is 9.07. The fraction of sp³-hybridized carbons (Fsp3) is 0.301. The standard InChI is InChI=1S/C23H30BrNSi.C23H31NSi.C18H17NO2S.C16H13NO2S.C13H26BNO2Si.C10H7I/c1-16(2)26(17(3)4,18(5)6)25-14-22(23(24)15-25)21-13-9-11-19-10-7-8-12-20(19)21;1-17(2)25(18(3)4,19(5)6)24-15-14-21(16-24)23-13-9-11-20-10-7-8-12-22(20)23;1-2-21-18(20)12-22-17-11-19-10-16(17)15-9-5-7-13-6-3-4-8-14(13)15;18-16(19)10-20-15-9-17-8-14(15)13-7-3-5-11-4-1-2-6-12(11)13;1-10(2)18(11(3)4,12(5)6)15-8-7-13(9-15)14(16)17;11-10-7-3-5-8-4-1-2-6-9(8)10/h7-18H,1-6H3;7-19H,1-6H3;3-11,19H,2,12H2,1H3;1-9,17H,10H2,(H,18,19);7-12,16-17H,1-6H3;1-7H. The Labute approximate surface area is 759 Å². The third kappa shape index (κ3) is 21.5. The predicted molar refractivity (Wildman–Crippen MR) is 546 cm³/mol. The first kappa shape index (κ1) is 95.6. The van der Waals surface area contributed by atoms with Gasteiger partial charge in [0.15, 0.2) is 24.7 Å². The van der Waals surface area contributed by atoms with Gasteiger partial charge in [0, 0.05) is 77.9 Å². The van der Waals surface area contributed by atoms with Crippen molar-refractivity contribution in [1.29, 1.82) is 0 Å². The third-order valence-corrected chi connectivity index (χ3v) is 48.4. The molecule has 0 fully saturated rings. The molecule has 0 atom stereocenters. The van der Waals surface area contributed by atoms with Gasteiger partial charge in [-0.25, -0.2) is 0 Å². The number of H-pyrrole nitrogens is 2. The van der Waals surface area contributed by atoms with Crippen molar-refractivity contribution in [2.24, 2.45) is 0 Å². The average Bonchev–Trinajstić information content (AvgIpc) is 1.60. The highest BCUT2D eigenvalue weighted by Gasteiger charge is 2.48. The summed E-state index contributed by atoms with van der Waals surface area (Å²) in [5.41, 5.74) is 16.3. The molecule has 5 aromatic heterocycles. The van der Waals surface area contributed by atoms with Crippen LogP contribution < -0.4 is 5.46 Å². The van der Waals surface area contributed by atoms with Crippen LogP contribution in [0.3, 0.4) is 0 Å². The minimum absolute atomic E-state index is 0.0651. The number of aliphatic carboxylic acids is 1. The van der Waals surface area contributed by atoms with Crippen molar-refractivity contribution in [3.8, 4) is 44.5 Å². The lowest BCUT2D eigenvalue weighted by atomic mass is 9.83. The molecule has 0 aliphatic heterocycles. The van der Waals surface area contributed by atoms with Crippen LogP contribution in [0, 0.1) is 3.57 Å². The zero-order chi connectivity index (χ0) is 88.3. The van der Waals surface area contributed by atoms with Gasteiger partial charge in [-0.15, -0.1) is 23.5 Å². The Kier molecular flexibility index (Phi) is 34.3. The van der Waals surface area contributed by atoms with E-state index in [1.807, 2.05) is 80.5 Å². The number of benzene rings is 10. The molecule has 122 heavy (non-hydrogen) atoms. The van der Waals surface area contributed by atoms with E-state index in [1.165, 1.54) is 113 Å². The minimum Gasteiger partial charge on any atom is -0.481 e. The maximum absolute atomic E-state index is 11.5. The second kappa shape index (κ2) is 43.8. The van der Waals surface area contributed by atoms with E-state index < -0.39 is 37.8 Å². The van der Waals surface area contributed by atoms with Crippen molar-refractivity contribution < 1.29 is 29.5 Å². The monoisotopic (exact) mass is 1890 g/mol. The Morgan fingerprint density at radius 2 is 0.713 bits per heavy atom. The molecule has 638 valence electrons. The van der Waals surface area contributed by atoms with Crippen molar-refractivity contribution in [3.05, 3.63) is 294 Å². The lowest BCUT2D eigenvalue weighted by Gasteiger charge is -2.44. The van der Waals surface area contributed by atoms with E-state index in [9.17, 15) is 19.6 Å². The highest BCUT2D eigenvalue weighted by Crippen LogP contribution is 2.48. The largest absolute Gasteiger partial charge is 0.489 e. The van der Waals surface area contributed by atoms with E-state index >= 15 is 0 Å². The molecule has 0 aliphatic carbocycles. The molecule has 5 N–H and O–H groups in total. The molecule has 0 radical (unpaired) electrons. The van der Waals surface area contributed by atoms with Gasteiger partial charge in [-0.1, -0.05) is 331 Å².